The second-order valence-electron chi connectivity index (χ2n) is 17.5. The number of alkyl halides is 3. The molecule has 5 fully saturated rings. The summed E-state index contributed by atoms with van der Waals surface area (Å²) in [4.78, 5) is 57.1. The van der Waals surface area contributed by atoms with Crippen molar-refractivity contribution in [3.8, 4) is 28.7 Å². The number of aryl methyl sites for hydroxylation is 1. The first kappa shape index (κ1) is 75.9. The Morgan fingerprint density at radius 3 is 1.06 bits per heavy atom. The third-order valence-corrected chi connectivity index (χ3v) is 15.1. The molecule has 0 bridgehead atoms. The Balaban J connectivity index is 0.000000188. The number of ether oxygens (including phenoxy) is 5. The molecule has 0 radical (unpaired) electrons. The molecule has 5 aromatic rings. The van der Waals surface area contributed by atoms with Crippen molar-refractivity contribution < 1.29 is 189 Å². The Morgan fingerprint density at radius 2 is 0.716 bits per heavy atom. The molecule has 48 heteroatoms. The van der Waals surface area contributed by atoms with E-state index in [1.54, 1.807) is 0 Å². The Hall–Kier alpha value is -8.11. The molecule has 0 aromatic heterocycles. The van der Waals surface area contributed by atoms with Gasteiger partial charge >= 0.3 is 88.0 Å². The fourth-order valence-electron chi connectivity index (χ4n) is 6.33. The Morgan fingerprint density at radius 1 is 0.379 bits per heavy atom. The van der Waals surface area contributed by atoms with Crippen LogP contribution in [0, 0.1) is 65.1 Å². The van der Waals surface area contributed by atoms with Crippen LogP contribution in [0.15, 0.2) is 78.9 Å². The molecule has 0 N–H and O–H groups in total. The Labute approximate surface area is 522 Å². The number of esters is 5. The van der Waals surface area contributed by atoms with Crippen molar-refractivity contribution in [2.24, 2.45) is 0 Å². The van der Waals surface area contributed by atoms with E-state index in [4.69, 9.17) is 4.74 Å². The zero-order chi connectivity index (χ0) is 70.9. The van der Waals surface area contributed by atoms with E-state index >= 15 is 0 Å². The molecular formula is C47H31F13O30S5. The van der Waals surface area contributed by atoms with E-state index in [9.17, 15) is 123 Å². The lowest BCUT2D eigenvalue weighted by Crippen LogP contribution is -2.29. The third-order valence-electron chi connectivity index (χ3n) is 10.6. The molecule has 30 nitrogen and oxygen atoms in total. The normalized spacial score (nSPS) is 21.5. The highest BCUT2D eigenvalue weighted by Crippen LogP contribution is 2.33. The summed E-state index contributed by atoms with van der Waals surface area (Å²) in [5.74, 6) is -25.9. The fourth-order valence-corrected chi connectivity index (χ4v) is 10.1. The zero-order valence-electron chi connectivity index (χ0n) is 45.6. The van der Waals surface area contributed by atoms with Crippen molar-refractivity contribution in [3.05, 3.63) is 148 Å². The van der Waals surface area contributed by atoms with Crippen LogP contribution < -0.4 is 23.7 Å². The van der Waals surface area contributed by atoms with Gasteiger partial charge in [-0.15, -0.1) is 0 Å². The van der Waals surface area contributed by atoms with E-state index < -0.39 is 233 Å². The van der Waals surface area contributed by atoms with Gasteiger partial charge < -0.3 is 23.7 Å². The molecule has 5 aliphatic rings. The summed E-state index contributed by atoms with van der Waals surface area (Å²) in [6.07, 6.45) is -12.3. The minimum atomic E-state index is -4.50. The van der Waals surface area contributed by atoms with Crippen LogP contribution in [-0.4, -0.2) is 135 Å². The van der Waals surface area contributed by atoms with Crippen molar-refractivity contribution in [2.75, 3.05) is 33.0 Å². The highest BCUT2D eigenvalue weighted by molar-refractivity contribution is 7.83. The fraction of sp³-hybridized carbons (Fsp3) is 0.255. The largest absolute Gasteiger partial charge is 0.425 e. The van der Waals surface area contributed by atoms with Crippen molar-refractivity contribution >= 4 is 81.8 Å². The molecule has 5 atom stereocenters. The van der Waals surface area contributed by atoms with Crippen LogP contribution in [0.1, 0.15) is 11.1 Å². The summed E-state index contributed by atoms with van der Waals surface area (Å²) in [6, 6.07) is 12.2. The number of benzene rings is 5. The summed E-state index contributed by atoms with van der Waals surface area (Å²) in [5, 5.41) is 0. The highest BCUT2D eigenvalue weighted by Gasteiger charge is 2.42. The number of para-hydroxylation sites is 1. The number of rotatable bonds is 10. The van der Waals surface area contributed by atoms with Crippen molar-refractivity contribution in [2.45, 2.75) is 43.6 Å². The summed E-state index contributed by atoms with van der Waals surface area (Å²) in [7, 11) is -21.2. The van der Waals surface area contributed by atoms with Gasteiger partial charge in [0.2, 0.25) is 71.1 Å². The predicted molar refractivity (Wildman–Crippen MR) is 268 cm³/mol. The lowest BCUT2D eigenvalue weighted by molar-refractivity contribution is -0.142. The van der Waals surface area contributed by atoms with Gasteiger partial charge in [-0.05, 0) is 79.2 Å². The number of carbonyl (C=O) groups is 5. The molecule has 5 aromatic carbocycles. The third kappa shape index (κ3) is 21.7. The molecule has 0 spiro atoms. The first-order chi connectivity index (χ1) is 43.9. The van der Waals surface area contributed by atoms with Crippen LogP contribution in [0.25, 0.3) is 0 Å². The predicted octanol–water partition coefficient (Wildman–Crippen LogP) is 3.98. The molecule has 95 heavy (non-hydrogen) atoms. The van der Waals surface area contributed by atoms with Gasteiger partial charge in [0.1, 0.15) is 56.2 Å². The summed E-state index contributed by atoms with van der Waals surface area (Å²) >= 11 is 0. The number of halogens is 13. The number of carbonyl (C=O) groups excluding carboxylic acids is 5. The van der Waals surface area contributed by atoms with Gasteiger partial charge in [0.15, 0.2) is 23.2 Å². The van der Waals surface area contributed by atoms with Gasteiger partial charge in [-0.1, -0.05) is 6.07 Å². The average Bonchev–Trinajstić information content (AvgIpc) is 1.58. The highest BCUT2D eigenvalue weighted by atomic mass is 32.3. The van der Waals surface area contributed by atoms with Crippen LogP contribution in [-0.2, 0) is 124 Å². The monoisotopic (exact) mass is 1480 g/mol. The van der Waals surface area contributed by atoms with Crippen LogP contribution in [0.2, 0.25) is 0 Å². The van der Waals surface area contributed by atoms with Crippen molar-refractivity contribution in [3.63, 3.8) is 0 Å². The van der Waals surface area contributed by atoms with Crippen molar-refractivity contribution in [1.29, 1.82) is 0 Å². The minimum absolute atomic E-state index is 0.104. The van der Waals surface area contributed by atoms with E-state index in [1.165, 1.54) is 19.1 Å². The van der Waals surface area contributed by atoms with Gasteiger partial charge in [-0.3, -0.25) is 0 Å². The number of hydrogen-bond acceptors (Lipinski definition) is 30. The second kappa shape index (κ2) is 30.7. The molecule has 0 saturated carbocycles. The summed E-state index contributed by atoms with van der Waals surface area (Å²) < 4.78 is 338. The molecule has 5 unspecified atom stereocenters. The van der Waals surface area contributed by atoms with E-state index in [1.807, 2.05) is 0 Å². The Bertz CT molecular complexity index is 4310. The van der Waals surface area contributed by atoms with E-state index in [0.29, 0.717) is 11.6 Å². The lowest BCUT2D eigenvalue weighted by Gasteiger charge is -2.10. The second-order valence-corrected chi connectivity index (χ2v) is 23.7. The van der Waals surface area contributed by atoms with E-state index in [0.717, 1.165) is 60.7 Å². The first-order valence-corrected chi connectivity index (χ1v) is 30.9. The van der Waals surface area contributed by atoms with Crippen LogP contribution in [0.3, 0.4) is 0 Å². The topological polar surface area (TPSA) is 394 Å². The minimum Gasteiger partial charge on any atom is -0.425 e. The van der Waals surface area contributed by atoms with Crippen LogP contribution in [0.4, 0.5) is 57.1 Å². The molecule has 0 amide bonds. The van der Waals surface area contributed by atoms with Crippen molar-refractivity contribution in [1.82, 2.24) is 0 Å². The molecule has 0 aliphatic carbocycles. The van der Waals surface area contributed by atoms with Gasteiger partial charge in [-0.2, -0.15) is 64.0 Å². The lowest BCUT2D eigenvalue weighted by atomic mass is 10.2. The van der Waals surface area contributed by atoms with Gasteiger partial charge in [0, 0.05) is 6.07 Å². The Kier molecular flexibility index (Phi) is 24.6. The first-order valence-electron chi connectivity index (χ1n) is 24.2. The summed E-state index contributed by atoms with van der Waals surface area (Å²) in [6.45, 7) is -1.48. The maximum absolute atomic E-state index is 13.2. The number of hydrogen-bond donors (Lipinski definition) is 0. The zero-order valence-corrected chi connectivity index (χ0v) is 49.7. The SMILES string of the molecule is Cc1cc(OC(=O)C2COS(=O)(=O)O2)ccc1F.O=C(Oc1c(F)c(F)c(F)c(F)c1F)C1COS(=O)(=O)O1.O=C(Oc1c(F)cccc1F)C1COS(=O)(=O)O1.O=C(Oc1ccc(C(F)(F)F)cc1)C1COS(=O)(=O)O1.O=C(Oc1ccc(F)cc1F)C1COS(=O)(=O)O1. The molecule has 5 saturated heterocycles. The average molecular weight is 1480 g/mol. The maximum atomic E-state index is 13.2. The summed E-state index contributed by atoms with van der Waals surface area (Å²) in [5.41, 5.74) is -0.600. The molecule has 520 valence electrons. The van der Waals surface area contributed by atoms with Gasteiger partial charge in [0.05, 0.1) is 5.56 Å². The van der Waals surface area contributed by atoms with Gasteiger partial charge in [0.25, 0.3) is 0 Å². The van der Waals surface area contributed by atoms with Crippen LogP contribution >= 0.6 is 0 Å². The van der Waals surface area contributed by atoms with E-state index in [2.05, 4.69) is 60.8 Å². The smallest absolute Gasteiger partial charge is 0.416 e. The van der Waals surface area contributed by atoms with E-state index in [-0.39, 0.29) is 11.5 Å². The molecular weight excluding hydrogens is 1450 g/mol. The quantitative estimate of drug-likeness (QED) is 0.0627. The maximum Gasteiger partial charge on any atom is 0.416 e. The molecule has 5 aliphatic heterocycles. The molecule has 5 heterocycles. The molecule has 10 rings (SSSR count). The van der Waals surface area contributed by atoms with Gasteiger partial charge in [-0.25, -0.2) is 101 Å². The standard InChI is InChI=1S/C10H7F3O6S.C10H9FO6S.C9H3F5O6S.2C9H6F2O6S/c11-10(12,13)6-1-3-7(4-2-6)18-9(14)8-5-17-20(15,16)19-8;1-6-4-7(2-3-8(6)11)16-10(12)9-5-15-18(13,14)17-9;10-3-4(11)6(13)8(7(14)5(3)12)19-9(15)2-1-18-21(16,17)20-2;10-5-1-2-7(6(11)3-5)16-9(12)8-4-15-18(13,14)17-8;10-5-2-1-3-6(11)8(5)16-9(12)7-4-15-18(13,14)17-7/h1-4,8H,5H2;2-4,9H,5H2,1H3;2H,1H2;1-3,8H,4H2;1-3,7H,4H2. The van der Waals surface area contributed by atoms with Crippen LogP contribution in [0.5, 0.6) is 28.7 Å².